The van der Waals surface area contributed by atoms with Crippen molar-refractivity contribution in [2.75, 3.05) is 19.8 Å². The zero-order valence-corrected chi connectivity index (χ0v) is 12.6. The van der Waals surface area contributed by atoms with Crippen LogP contribution < -0.4 is 5.32 Å². The summed E-state index contributed by atoms with van der Waals surface area (Å²) in [4.78, 5) is 0. The van der Waals surface area contributed by atoms with Crippen molar-refractivity contribution in [3.05, 3.63) is 20.3 Å². The lowest BCUT2D eigenvalue weighted by Gasteiger charge is -2.13. The quantitative estimate of drug-likeness (QED) is 0.712. The van der Waals surface area contributed by atoms with Gasteiger partial charge in [-0.1, -0.05) is 36.5 Å². The van der Waals surface area contributed by atoms with Crippen molar-refractivity contribution in [2.45, 2.75) is 32.7 Å². The molecule has 5 heteroatoms. The number of hydrogen-bond donors (Lipinski definition) is 1. The summed E-state index contributed by atoms with van der Waals surface area (Å²) in [6.07, 6.45) is 2.30. The highest BCUT2D eigenvalue weighted by Gasteiger charge is 2.12. The smallest absolute Gasteiger partial charge is 0.0991 e. The first-order chi connectivity index (χ1) is 8.15. The third-order valence-electron chi connectivity index (χ3n) is 2.49. The summed E-state index contributed by atoms with van der Waals surface area (Å²) in [5.74, 6) is 0. The fourth-order valence-corrected chi connectivity index (χ4v) is 3.10. The molecular weight excluding hydrogens is 277 g/mol. The Kier molecular flexibility index (Phi) is 7.47. The van der Waals surface area contributed by atoms with E-state index in [-0.39, 0.29) is 6.04 Å². The number of hydrogen-bond acceptors (Lipinski definition) is 3. The number of ether oxygens (including phenoxy) is 1. The maximum absolute atomic E-state index is 6.08. The van der Waals surface area contributed by atoms with Crippen LogP contribution in [-0.4, -0.2) is 19.8 Å². The van der Waals surface area contributed by atoms with E-state index in [1.807, 2.05) is 6.07 Å². The number of unbranched alkanes of at least 4 members (excludes halogenated alkanes) is 1. The molecule has 0 aliphatic carbocycles. The van der Waals surface area contributed by atoms with Crippen LogP contribution in [0.4, 0.5) is 0 Å². The Labute approximate surface area is 117 Å². The molecular formula is C12H19Cl2NOS. The fourth-order valence-electron chi connectivity index (χ4n) is 1.45. The molecule has 1 heterocycles. The van der Waals surface area contributed by atoms with Gasteiger partial charge in [-0.3, -0.25) is 0 Å². The van der Waals surface area contributed by atoms with Crippen molar-refractivity contribution >= 4 is 34.5 Å². The lowest BCUT2D eigenvalue weighted by molar-refractivity contribution is 0.131. The maximum atomic E-state index is 6.08. The van der Waals surface area contributed by atoms with Crippen molar-refractivity contribution in [1.82, 2.24) is 5.32 Å². The SMILES string of the molecule is CCCCOCCNC(C)c1cc(Cl)sc1Cl. The van der Waals surface area contributed by atoms with E-state index >= 15 is 0 Å². The Morgan fingerprint density at radius 1 is 1.41 bits per heavy atom. The fraction of sp³-hybridized carbons (Fsp3) is 0.667. The molecule has 1 rings (SSSR count). The molecule has 1 aromatic heterocycles. The Balaban J connectivity index is 2.21. The van der Waals surface area contributed by atoms with Gasteiger partial charge in [0, 0.05) is 19.2 Å². The molecule has 0 radical (unpaired) electrons. The summed E-state index contributed by atoms with van der Waals surface area (Å²) in [7, 11) is 0. The molecule has 1 aromatic rings. The first-order valence-electron chi connectivity index (χ1n) is 5.91. The van der Waals surface area contributed by atoms with Gasteiger partial charge in [0.1, 0.15) is 0 Å². The Hall–Kier alpha value is 0.200. The predicted octanol–water partition coefficient (Wildman–Crippen LogP) is 4.52. The molecule has 17 heavy (non-hydrogen) atoms. The number of nitrogens with one attached hydrogen (secondary N) is 1. The first kappa shape index (κ1) is 15.3. The second-order valence-electron chi connectivity index (χ2n) is 3.92. The van der Waals surface area contributed by atoms with Gasteiger partial charge in [0.05, 0.1) is 15.3 Å². The van der Waals surface area contributed by atoms with Crippen LogP contribution in [-0.2, 0) is 4.74 Å². The van der Waals surface area contributed by atoms with Gasteiger partial charge >= 0.3 is 0 Å². The van der Waals surface area contributed by atoms with Crippen LogP contribution in [0, 0.1) is 0 Å². The van der Waals surface area contributed by atoms with E-state index in [0.717, 1.165) is 40.4 Å². The monoisotopic (exact) mass is 295 g/mol. The van der Waals surface area contributed by atoms with E-state index in [1.165, 1.54) is 17.8 Å². The summed E-state index contributed by atoms with van der Waals surface area (Å²) in [5.41, 5.74) is 1.07. The predicted molar refractivity (Wildman–Crippen MR) is 76.5 cm³/mol. The maximum Gasteiger partial charge on any atom is 0.0991 e. The number of halogens is 2. The number of rotatable bonds is 8. The van der Waals surface area contributed by atoms with Crippen LogP contribution in [0.15, 0.2) is 6.07 Å². The van der Waals surface area contributed by atoms with Gasteiger partial charge in [-0.2, -0.15) is 0 Å². The molecule has 0 fully saturated rings. The van der Waals surface area contributed by atoms with Crippen molar-refractivity contribution in [3.8, 4) is 0 Å². The zero-order chi connectivity index (χ0) is 12.7. The molecule has 0 spiro atoms. The average Bonchev–Trinajstić information content (AvgIpc) is 2.62. The summed E-state index contributed by atoms with van der Waals surface area (Å²) < 4.78 is 6.98. The molecule has 2 nitrogen and oxygen atoms in total. The third-order valence-corrected chi connectivity index (χ3v) is 4.01. The van der Waals surface area contributed by atoms with Gasteiger partial charge in [-0.05, 0) is 25.0 Å². The van der Waals surface area contributed by atoms with Crippen molar-refractivity contribution in [1.29, 1.82) is 0 Å². The molecule has 98 valence electrons. The zero-order valence-electron chi connectivity index (χ0n) is 10.3. The van der Waals surface area contributed by atoms with Gasteiger partial charge in [0.15, 0.2) is 0 Å². The Morgan fingerprint density at radius 2 is 2.18 bits per heavy atom. The largest absolute Gasteiger partial charge is 0.380 e. The van der Waals surface area contributed by atoms with Crippen molar-refractivity contribution in [2.24, 2.45) is 0 Å². The Morgan fingerprint density at radius 3 is 2.76 bits per heavy atom. The minimum absolute atomic E-state index is 0.209. The summed E-state index contributed by atoms with van der Waals surface area (Å²) in [6, 6.07) is 2.13. The van der Waals surface area contributed by atoms with Crippen LogP contribution >= 0.6 is 34.5 Å². The summed E-state index contributed by atoms with van der Waals surface area (Å²) >= 11 is 13.4. The van der Waals surface area contributed by atoms with Crippen molar-refractivity contribution < 1.29 is 4.74 Å². The van der Waals surface area contributed by atoms with Crippen LogP contribution in [0.5, 0.6) is 0 Å². The summed E-state index contributed by atoms with van der Waals surface area (Å²) in [5, 5.41) is 3.37. The van der Waals surface area contributed by atoms with Crippen LogP contribution in [0.25, 0.3) is 0 Å². The van der Waals surface area contributed by atoms with Crippen LogP contribution in [0.1, 0.15) is 38.3 Å². The lowest BCUT2D eigenvalue weighted by atomic mass is 10.2. The topological polar surface area (TPSA) is 21.3 Å². The molecule has 0 aromatic carbocycles. The highest BCUT2D eigenvalue weighted by molar-refractivity contribution is 7.20. The van der Waals surface area contributed by atoms with E-state index < -0.39 is 0 Å². The van der Waals surface area contributed by atoms with Gasteiger partial charge in [-0.15, -0.1) is 11.3 Å². The normalized spacial score (nSPS) is 12.9. The molecule has 0 bridgehead atoms. The second kappa shape index (κ2) is 8.33. The lowest BCUT2D eigenvalue weighted by Crippen LogP contribution is -2.23. The second-order valence-corrected chi connectivity index (χ2v) is 6.21. The van der Waals surface area contributed by atoms with Crippen molar-refractivity contribution in [3.63, 3.8) is 0 Å². The van der Waals surface area contributed by atoms with E-state index in [2.05, 4.69) is 19.2 Å². The highest BCUT2D eigenvalue weighted by Crippen LogP contribution is 2.34. The molecule has 1 atom stereocenters. The van der Waals surface area contributed by atoms with E-state index in [4.69, 9.17) is 27.9 Å². The van der Waals surface area contributed by atoms with Gasteiger partial charge in [0.25, 0.3) is 0 Å². The van der Waals surface area contributed by atoms with Crippen LogP contribution in [0.3, 0.4) is 0 Å². The molecule has 1 unspecified atom stereocenters. The molecule has 0 aliphatic heterocycles. The average molecular weight is 296 g/mol. The third kappa shape index (κ3) is 5.58. The van der Waals surface area contributed by atoms with E-state index in [9.17, 15) is 0 Å². The minimum Gasteiger partial charge on any atom is -0.380 e. The summed E-state index contributed by atoms with van der Waals surface area (Å²) in [6.45, 7) is 6.65. The first-order valence-corrected chi connectivity index (χ1v) is 7.48. The van der Waals surface area contributed by atoms with E-state index in [1.54, 1.807) is 0 Å². The minimum atomic E-state index is 0.209. The molecule has 0 amide bonds. The van der Waals surface area contributed by atoms with E-state index in [0.29, 0.717) is 0 Å². The molecule has 0 saturated carbocycles. The molecule has 0 aliphatic rings. The Bertz CT molecular complexity index is 330. The van der Waals surface area contributed by atoms with Crippen LogP contribution in [0.2, 0.25) is 8.67 Å². The molecule has 0 saturated heterocycles. The highest BCUT2D eigenvalue weighted by atomic mass is 35.5. The number of thiophene rings is 1. The van der Waals surface area contributed by atoms with Gasteiger partial charge in [0.2, 0.25) is 0 Å². The van der Waals surface area contributed by atoms with Gasteiger partial charge < -0.3 is 10.1 Å². The molecule has 1 N–H and O–H groups in total. The standard InChI is InChI=1S/C12H19Cl2NOS/c1-3-4-6-16-7-5-15-9(2)10-8-11(13)17-12(10)14/h8-9,15H,3-7H2,1-2H3. The van der Waals surface area contributed by atoms with Gasteiger partial charge in [-0.25, -0.2) is 0 Å².